The molecule has 0 spiro atoms. The number of aliphatic hydroxyl groups excluding tert-OH is 1. The Morgan fingerprint density at radius 2 is 1.94 bits per heavy atom. The highest BCUT2D eigenvalue weighted by molar-refractivity contribution is 5.18. The quantitative estimate of drug-likeness (QED) is 0.863. The van der Waals surface area contributed by atoms with Crippen molar-refractivity contribution in [3.8, 4) is 0 Å². The maximum atomic E-state index is 13.0. The zero-order valence-corrected chi connectivity index (χ0v) is 10.3. The van der Waals surface area contributed by atoms with E-state index in [0.717, 1.165) is 12.1 Å². The molecule has 1 atom stereocenters. The molecule has 0 fully saturated rings. The van der Waals surface area contributed by atoms with Gasteiger partial charge in [-0.3, -0.25) is 0 Å². The van der Waals surface area contributed by atoms with Crippen molar-refractivity contribution in [3.05, 3.63) is 35.4 Å². The number of ether oxygens (including phenoxy) is 1. The van der Waals surface area contributed by atoms with Crippen LogP contribution in [0.25, 0.3) is 0 Å². The van der Waals surface area contributed by atoms with Gasteiger partial charge in [-0.1, -0.05) is 6.07 Å². The Labute approximate surface area is 100 Å². The third-order valence-electron chi connectivity index (χ3n) is 2.74. The number of halogens is 2. The van der Waals surface area contributed by atoms with Crippen molar-refractivity contribution >= 4 is 0 Å². The number of aliphatic hydroxyl groups is 1. The summed E-state index contributed by atoms with van der Waals surface area (Å²) in [6.45, 7) is 3.73. The first-order valence-corrected chi connectivity index (χ1v) is 5.51. The van der Waals surface area contributed by atoms with E-state index < -0.39 is 23.3 Å². The van der Waals surface area contributed by atoms with Crippen molar-refractivity contribution in [2.45, 2.75) is 38.4 Å². The van der Waals surface area contributed by atoms with Gasteiger partial charge in [0.15, 0.2) is 11.6 Å². The Hall–Kier alpha value is -1.00. The van der Waals surface area contributed by atoms with Crippen molar-refractivity contribution in [2.24, 2.45) is 0 Å². The van der Waals surface area contributed by atoms with Gasteiger partial charge in [0.25, 0.3) is 0 Å². The highest BCUT2D eigenvalue weighted by atomic mass is 19.2. The predicted molar refractivity (Wildman–Crippen MR) is 61.8 cm³/mol. The zero-order valence-electron chi connectivity index (χ0n) is 10.3. The van der Waals surface area contributed by atoms with Gasteiger partial charge in [-0.05, 0) is 38.0 Å². The highest BCUT2D eigenvalue weighted by Gasteiger charge is 2.21. The molecule has 0 aliphatic heterocycles. The van der Waals surface area contributed by atoms with E-state index in [0.29, 0.717) is 12.0 Å². The molecule has 1 N–H and O–H groups in total. The molecule has 0 radical (unpaired) electrons. The van der Waals surface area contributed by atoms with Gasteiger partial charge < -0.3 is 9.84 Å². The van der Waals surface area contributed by atoms with Crippen LogP contribution in [0.15, 0.2) is 18.2 Å². The van der Waals surface area contributed by atoms with Gasteiger partial charge in [0.05, 0.1) is 11.7 Å². The molecule has 1 rings (SSSR count). The molecule has 4 heteroatoms. The summed E-state index contributed by atoms with van der Waals surface area (Å²) in [6, 6.07) is 3.65. The minimum atomic E-state index is -0.888. The first-order chi connectivity index (χ1) is 7.84. The first kappa shape index (κ1) is 14.1. The number of hydrogen-bond donors (Lipinski definition) is 1. The number of benzene rings is 1. The summed E-state index contributed by atoms with van der Waals surface area (Å²) in [5.41, 5.74) is 0.140. The summed E-state index contributed by atoms with van der Waals surface area (Å²) in [7, 11) is 1.57. The lowest BCUT2D eigenvalue weighted by molar-refractivity contribution is -0.0190. The molecule has 0 amide bonds. The van der Waals surface area contributed by atoms with Crippen LogP contribution in [0, 0.1) is 11.6 Å². The first-order valence-electron chi connectivity index (χ1n) is 5.51. The lowest BCUT2D eigenvalue weighted by atomic mass is 9.96. The largest absolute Gasteiger partial charge is 0.393 e. The van der Waals surface area contributed by atoms with Gasteiger partial charge in [0.2, 0.25) is 0 Å². The predicted octanol–water partition coefficient (Wildman–Crippen LogP) is 2.68. The van der Waals surface area contributed by atoms with E-state index in [2.05, 4.69) is 0 Å². The fraction of sp³-hybridized carbons (Fsp3) is 0.538. The molecular weight excluding hydrogens is 226 g/mol. The monoisotopic (exact) mass is 244 g/mol. The molecule has 0 saturated carbocycles. The summed E-state index contributed by atoms with van der Waals surface area (Å²) in [4.78, 5) is 0. The second-order valence-electron chi connectivity index (χ2n) is 4.77. The Morgan fingerprint density at radius 1 is 1.29 bits per heavy atom. The summed E-state index contributed by atoms with van der Waals surface area (Å²) in [5, 5.41) is 9.83. The minimum absolute atomic E-state index is 0.282. The van der Waals surface area contributed by atoms with E-state index in [4.69, 9.17) is 4.74 Å². The molecule has 96 valence electrons. The van der Waals surface area contributed by atoms with E-state index in [-0.39, 0.29) is 6.42 Å². The summed E-state index contributed by atoms with van der Waals surface area (Å²) >= 11 is 0. The van der Waals surface area contributed by atoms with E-state index in [1.165, 1.54) is 6.07 Å². The molecule has 0 aliphatic carbocycles. The van der Waals surface area contributed by atoms with E-state index in [1.807, 2.05) is 13.8 Å². The van der Waals surface area contributed by atoms with Crippen molar-refractivity contribution in [3.63, 3.8) is 0 Å². The summed E-state index contributed by atoms with van der Waals surface area (Å²) in [6.07, 6.45) is 0.0711. The van der Waals surface area contributed by atoms with Crippen molar-refractivity contribution < 1.29 is 18.6 Å². The molecule has 1 unspecified atom stereocenters. The van der Waals surface area contributed by atoms with Crippen LogP contribution in [-0.2, 0) is 11.2 Å². The van der Waals surface area contributed by atoms with Crippen LogP contribution in [-0.4, -0.2) is 23.9 Å². The van der Waals surface area contributed by atoms with Gasteiger partial charge >= 0.3 is 0 Å². The zero-order chi connectivity index (χ0) is 13.1. The second-order valence-corrected chi connectivity index (χ2v) is 4.77. The molecule has 0 aliphatic rings. The van der Waals surface area contributed by atoms with E-state index in [9.17, 15) is 13.9 Å². The van der Waals surface area contributed by atoms with Gasteiger partial charge in [-0.15, -0.1) is 0 Å². The maximum absolute atomic E-state index is 13.0. The lowest BCUT2D eigenvalue weighted by Crippen LogP contribution is -2.29. The maximum Gasteiger partial charge on any atom is 0.159 e. The van der Waals surface area contributed by atoms with Crippen LogP contribution in [0.2, 0.25) is 0 Å². The topological polar surface area (TPSA) is 29.5 Å². The van der Waals surface area contributed by atoms with Crippen LogP contribution < -0.4 is 0 Å². The average molecular weight is 244 g/mol. The molecule has 0 saturated heterocycles. The third kappa shape index (κ3) is 4.40. The Kier molecular flexibility index (Phi) is 4.60. The summed E-state index contributed by atoms with van der Waals surface area (Å²) < 4.78 is 30.9. The average Bonchev–Trinajstić information content (AvgIpc) is 2.23. The van der Waals surface area contributed by atoms with Crippen LogP contribution >= 0.6 is 0 Å². The van der Waals surface area contributed by atoms with Crippen molar-refractivity contribution in [2.75, 3.05) is 7.11 Å². The second kappa shape index (κ2) is 5.56. The van der Waals surface area contributed by atoms with E-state index in [1.54, 1.807) is 7.11 Å². The number of rotatable bonds is 5. The van der Waals surface area contributed by atoms with Crippen molar-refractivity contribution in [1.29, 1.82) is 0 Å². The molecule has 17 heavy (non-hydrogen) atoms. The molecule has 2 nitrogen and oxygen atoms in total. The van der Waals surface area contributed by atoms with Crippen molar-refractivity contribution in [1.82, 2.24) is 0 Å². The normalized spacial score (nSPS) is 13.8. The van der Waals surface area contributed by atoms with Gasteiger partial charge in [-0.2, -0.15) is 0 Å². The van der Waals surface area contributed by atoms with Crippen LogP contribution in [0.5, 0.6) is 0 Å². The Bertz CT molecular complexity index is 378. The van der Waals surface area contributed by atoms with E-state index >= 15 is 0 Å². The molecule has 0 aromatic heterocycles. The fourth-order valence-corrected chi connectivity index (χ4v) is 1.66. The third-order valence-corrected chi connectivity index (χ3v) is 2.74. The van der Waals surface area contributed by atoms with Crippen LogP contribution in [0.3, 0.4) is 0 Å². The van der Waals surface area contributed by atoms with Gasteiger partial charge in [0, 0.05) is 13.5 Å². The minimum Gasteiger partial charge on any atom is -0.393 e. The van der Waals surface area contributed by atoms with Gasteiger partial charge in [0.1, 0.15) is 0 Å². The Morgan fingerprint density at radius 3 is 2.47 bits per heavy atom. The van der Waals surface area contributed by atoms with Crippen LogP contribution in [0.1, 0.15) is 25.8 Å². The molecular formula is C13H18F2O2. The molecule has 1 aromatic rings. The van der Waals surface area contributed by atoms with Crippen LogP contribution in [0.4, 0.5) is 8.78 Å². The number of methoxy groups -OCH3 is 1. The molecule has 1 aromatic carbocycles. The highest BCUT2D eigenvalue weighted by Crippen LogP contribution is 2.19. The van der Waals surface area contributed by atoms with Gasteiger partial charge in [-0.25, -0.2) is 8.78 Å². The molecule has 0 bridgehead atoms. The molecule has 0 heterocycles. The SMILES string of the molecule is COC(C)(C)CC(O)Cc1ccc(F)c(F)c1. The summed E-state index contributed by atoms with van der Waals surface area (Å²) in [5.74, 6) is -1.76. The Balaban J connectivity index is 2.62. The fourth-order valence-electron chi connectivity index (χ4n) is 1.66. The lowest BCUT2D eigenvalue weighted by Gasteiger charge is -2.25. The standard InChI is InChI=1S/C13H18F2O2/c1-13(2,17-3)8-10(16)6-9-4-5-11(14)12(15)7-9/h4-5,7,10,16H,6,8H2,1-3H3. The smallest absolute Gasteiger partial charge is 0.159 e. The number of hydrogen-bond acceptors (Lipinski definition) is 2.